The summed E-state index contributed by atoms with van der Waals surface area (Å²) in [6, 6.07) is 7.21. The fourth-order valence-corrected chi connectivity index (χ4v) is 2.94. The highest BCUT2D eigenvalue weighted by molar-refractivity contribution is 6.30. The van der Waals surface area contributed by atoms with Crippen LogP contribution in [0.25, 0.3) is 0 Å². The number of aromatic nitrogens is 2. The first-order chi connectivity index (χ1) is 11.5. The number of carbonyl (C=O) groups excluding carboxylic acids is 1. The Morgan fingerprint density at radius 3 is 3.04 bits per heavy atom. The van der Waals surface area contributed by atoms with E-state index in [4.69, 9.17) is 16.3 Å². The van der Waals surface area contributed by atoms with Gasteiger partial charge in [0.1, 0.15) is 11.9 Å². The van der Waals surface area contributed by atoms with Crippen molar-refractivity contribution in [1.29, 1.82) is 0 Å². The Kier molecular flexibility index (Phi) is 5.06. The molecule has 0 aliphatic carbocycles. The highest BCUT2D eigenvalue weighted by atomic mass is 35.5. The van der Waals surface area contributed by atoms with Gasteiger partial charge in [0, 0.05) is 31.3 Å². The molecule has 0 radical (unpaired) electrons. The van der Waals surface area contributed by atoms with E-state index in [2.05, 4.69) is 15.7 Å². The second-order valence-corrected chi connectivity index (χ2v) is 6.39. The van der Waals surface area contributed by atoms with E-state index in [-0.39, 0.29) is 12.1 Å². The van der Waals surface area contributed by atoms with Crippen molar-refractivity contribution < 1.29 is 9.53 Å². The normalized spacial score (nSPS) is 17.0. The van der Waals surface area contributed by atoms with Crippen LogP contribution in [0.2, 0.25) is 5.02 Å². The smallest absolute Gasteiger partial charge is 0.320 e. The third kappa shape index (κ3) is 3.88. The highest BCUT2D eigenvalue weighted by Crippen LogP contribution is 2.28. The molecule has 1 atom stereocenters. The zero-order valence-electron chi connectivity index (χ0n) is 13.8. The minimum absolute atomic E-state index is 0.0314. The summed E-state index contributed by atoms with van der Waals surface area (Å²) in [4.78, 5) is 12.1. The predicted molar refractivity (Wildman–Crippen MR) is 93.2 cm³/mol. The van der Waals surface area contributed by atoms with Crippen LogP contribution in [0.4, 0.5) is 10.6 Å². The summed E-state index contributed by atoms with van der Waals surface area (Å²) < 4.78 is 7.28. The maximum absolute atomic E-state index is 12.1. The second-order valence-electron chi connectivity index (χ2n) is 5.96. The van der Waals surface area contributed by atoms with Gasteiger partial charge in [-0.1, -0.05) is 17.7 Å². The molecule has 1 aromatic heterocycles. The average molecular weight is 349 g/mol. The standard InChI is InChI=1S/C17H21ClN4O2/c1-11-5-6-13(18)8-12(11)10-19-17(23)20-16-9-14(21-22(16)2)15-4-3-7-24-15/h5-6,8-9,15H,3-4,7,10H2,1-2H3,(H2,19,20,23). The Morgan fingerprint density at radius 2 is 2.29 bits per heavy atom. The first-order valence-electron chi connectivity index (χ1n) is 7.98. The molecule has 1 unspecified atom stereocenters. The van der Waals surface area contributed by atoms with Crippen LogP contribution in [0.15, 0.2) is 24.3 Å². The Bertz CT molecular complexity index is 738. The van der Waals surface area contributed by atoms with Crippen LogP contribution in [0.5, 0.6) is 0 Å². The molecule has 6 nitrogen and oxygen atoms in total. The Labute approximate surface area is 146 Å². The fourth-order valence-electron chi connectivity index (χ4n) is 2.74. The molecular formula is C17H21ClN4O2. The minimum Gasteiger partial charge on any atom is -0.372 e. The van der Waals surface area contributed by atoms with Crippen LogP contribution in [0.3, 0.4) is 0 Å². The largest absolute Gasteiger partial charge is 0.372 e. The fraction of sp³-hybridized carbons (Fsp3) is 0.412. The molecule has 1 saturated heterocycles. The van der Waals surface area contributed by atoms with Gasteiger partial charge in [-0.2, -0.15) is 5.10 Å². The maximum atomic E-state index is 12.1. The van der Waals surface area contributed by atoms with Gasteiger partial charge >= 0.3 is 6.03 Å². The average Bonchev–Trinajstić information content (AvgIpc) is 3.19. The van der Waals surface area contributed by atoms with E-state index in [9.17, 15) is 4.79 Å². The van der Waals surface area contributed by atoms with E-state index < -0.39 is 0 Å². The first-order valence-corrected chi connectivity index (χ1v) is 8.36. The van der Waals surface area contributed by atoms with Crippen LogP contribution in [0.1, 0.15) is 35.8 Å². The number of benzene rings is 1. The molecule has 2 aromatic rings. The molecule has 0 saturated carbocycles. The third-order valence-electron chi connectivity index (χ3n) is 4.15. The van der Waals surface area contributed by atoms with Crippen LogP contribution in [-0.4, -0.2) is 22.4 Å². The van der Waals surface area contributed by atoms with Gasteiger partial charge in [-0.15, -0.1) is 0 Å². The van der Waals surface area contributed by atoms with E-state index in [0.29, 0.717) is 17.4 Å². The van der Waals surface area contributed by atoms with E-state index in [1.807, 2.05) is 31.2 Å². The number of halogens is 1. The lowest BCUT2D eigenvalue weighted by molar-refractivity contribution is 0.108. The number of nitrogens with one attached hydrogen (secondary N) is 2. The van der Waals surface area contributed by atoms with E-state index in [1.54, 1.807) is 11.7 Å². The van der Waals surface area contributed by atoms with Gasteiger partial charge in [-0.05, 0) is 43.0 Å². The number of anilines is 1. The van der Waals surface area contributed by atoms with Crippen molar-refractivity contribution in [3.8, 4) is 0 Å². The number of rotatable bonds is 4. The number of nitrogens with zero attached hydrogens (tertiary/aromatic N) is 2. The number of ether oxygens (including phenoxy) is 1. The summed E-state index contributed by atoms with van der Waals surface area (Å²) in [6.45, 7) is 3.17. The molecule has 2 amide bonds. The van der Waals surface area contributed by atoms with Crippen molar-refractivity contribution in [2.75, 3.05) is 11.9 Å². The van der Waals surface area contributed by atoms with Crippen LogP contribution in [0, 0.1) is 6.92 Å². The second kappa shape index (κ2) is 7.23. The molecule has 1 aliphatic heterocycles. The van der Waals surface area contributed by atoms with Crippen molar-refractivity contribution in [3.63, 3.8) is 0 Å². The number of hydrogen-bond acceptors (Lipinski definition) is 3. The molecule has 128 valence electrons. The lowest BCUT2D eigenvalue weighted by Crippen LogP contribution is -2.29. The van der Waals surface area contributed by atoms with Gasteiger partial charge in [0.2, 0.25) is 0 Å². The molecule has 3 rings (SSSR count). The van der Waals surface area contributed by atoms with Gasteiger partial charge in [0.25, 0.3) is 0 Å². The van der Waals surface area contributed by atoms with Crippen molar-refractivity contribution in [1.82, 2.24) is 15.1 Å². The van der Waals surface area contributed by atoms with E-state index >= 15 is 0 Å². The summed E-state index contributed by atoms with van der Waals surface area (Å²) >= 11 is 6.00. The predicted octanol–water partition coefficient (Wildman–Crippen LogP) is 3.56. The zero-order chi connectivity index (χ0) is 17.1. The van der Waals surface area contributed by atoms with Gasteiger partial charge in [-0.25, -0.2) is 4.79 Å². The highest BCUT2D eigenvalue weighted by Gasteiger charge is 2.21. The van der Waals surface area contributed by atoms with Crippen LogP contribution >= 0.6 is 11.6 Å². The Morgan fingerprint density at radius 1 is 1.46 bits per heavy atom. The molecule has 1 aromatic carbocycles. The number of carbonyl (C=O) groups is 1. The molecule has 24 heavy (non-hydrogen) atoms. The number of amides is 2. The van der Waals surface area contributed by atoms with Crippen molar-refractivity contribution in [2.24, 2.45) is 7.05 Å². The van der Waals surface area contributed by atoms with Crippen molar-refractivity contribution in [3.05, 3.63) is 46.1 Å². The van der Waals surface area contributed by atoms with E-state index in [0.717, 1.165) is 36.3 Å². The van der Waals surface area contributed by atoms with Gasteiger partial charge in [0.05, 0.1) is 5.69 Å². The minimum atomic E-state index is -0.281. The quantitative estimate of drug-likeness (QED) is 0.887. The Hall–Kier alpha value is -2.05. The molecular weight excluding hydrogens is 328 g/mol. The topological polar surface area (TPSA) is 68.2 Å². The first kappa shape index (κ1) is 16.8. The summed E-state index contributed by atoms with van der Waals surface area (Å²) in [7, 11) is 1.80. The van der Waals surface area contributed by atoms with Gasteiger partial charge in [0.15, 0.2) is 0 Å². The molecule has 1 fully saturated rings. The Balaban J connectivity index is 1.59. The number of aryl methyl sites for hydroxylation is 2. The summed E-state index contributed by atoms with van der Waals surface area (Å²) in [6.07, 6.45) is 2.05. The summed E-state index contributed by atoms with van der Waals surface area (Å²) in [5.74, 6) is 0.640. The van der Waals surface area contributed by atoms with E-state index in [1.165, 1.54) is 0 Å². The summed E-state index contributed by atoms with van der Waals surface area (Å²) in [5, 5.41) is 10.7. The number of hydrogen-bond donors (Lipinski definition) is 2. The van der Waals surface area contributed by atoms with Crippen LogP contribution < -0.4 is 10.6 Å². The zero-order valence-corrected chi connectivity index (χ0v) is 14.6. The lowest BCUT2D eigenvalue weighted by atomic mass is 10.1. The molecule has 2 heterocycles. The SMILES string of the molecule is Cc1ccc(Cl)cc1CNC(=O)Nc1cc(C2CCCO2)nn1C. The molecule has 0 spiro atoms. The monoisotopic (exact) mass is 348 g/mol. The molecule has 0 bridgehead atoms. The van der Waals surface area contributed by atoms with Crippen molar-refractivity contribution >= 4 is 23.4 Å². The summed E-state index contributed by atoms with van der Waals surface area (Å²) in [5.41, 5.74) is 2.93. The number of urea groups is 1. The van der Waals surface area contributed by atoms with Crippen molar-refractivity contribution in [2.45, 2.75) is 32.4 Å². The van der Waals surface area contributed by atoms with Gasteiger partial charge < -0.3 is 10.1 Å². The lowest BCUT2D eigenvalue weighted by Gasteiger charge is -2.10. The third-order valence-corrected chi connectivity index (χ3v) is 4.39. The van der Waals surface area contributed by atoms with Gasteiger partial charge in [-0.3, -0.25) is 10.00 Å². The van der Waals surface area contributed by atoms with Crippen LogP contribution in [-0.2, 0) is 18.3 Å². The maximum Gasteiger partial charge on any atom is 0.320 e. The molecule has 7 heteroatoms. The molecule has 2 N–H and O–H groups in total. The molecule has 1 aliphatic rings.